The molecule has 4 heteroatoms. The van der Waals surface area contributed by atoms with Gasteiger partial charge in [-0.3, -0.25) is 0 Å². The first-order chi connectivity index (χ1) is 8.70. The van der Waals surface area contributed by atoms with Gasteiger partial charge in [0.1, 0.15) is 5.82 Å². The largest absolute Gasteiger partial charge is 0.380 e. The SMILES string of the molecule is CSc1ccccc1NCc1ccc(F)c(Br)c1. The Morgan fingerprint density at radius 1 is 1.22 bits per heavy atom. The van der Waals surface area contributed by atoms with Gasteiger partial charge in [-0.1, -0.05) is 18.2 Å². The zero-order valence-electron chi connectivity index (χ0n) is 9.91. The molecule has 0 unspecified atom stereocenters. The molecule has 0 spiro atoms. The first-order valence-corrected chi connectivity index (χ1v) is 7.53. The van der Waals surface area contributed by atoms with Gasteiger partial charge in [-0.15, -0.1) is 11.8 Å². The monoisotopic (exact) mass is 325 g/mol. The lowest BCUT2D eigenvalue weighted by molar-refractivity contribution is 0.620. The van der Waals surface area contributed by atoms with Crippen molar-refractivity contribution >= 4 is 33.4 Å². The number of nitrogens with one attached hydrogen (secondary N) is 1. The van der Waals surface area contributed by atoms with Crippen LogP contribution in [-0.2, 0) is 6.54 Å². The van der Waals surface area contributed by atoms with Gasteiger partial charge in [0.2, 0.25) is 0 Å². The van der Waals surface area contributed by atoms with Crippen LogP contribution >= 0.6 is 27.7 Å². The molecule has 1 N–H and O–H groups in total. The number of benzene rings is 2. The Morgan fingerprint density at radius 3 is 2.72 bits per heavy atom. The minimum absolute atomic E-state index is 0.233. The maximum atomic E-state index is 13.1. The number of rotatable bonds is 4. The first kappa shape index (κ1) is 13.4. The Balaban J connectivity index is 2.09. The van der Waals surface area contributed by atoms with Crippen molar-refractivity contribution in [2.45, 2.75) is 11.4 Å². The fourth-order valence-corrected chi connectivity index (χ4v) is 2.64. The molecule has 0 aromatic heterocycles. The Hall–Kier alpha value is -1.00. The Kier molecular flexibility index (Phi) is 4.66. The second-order valence-corrected chi connectivity index (χ2v) is 5.50. The molecule has 0 atom stereocenters. The third-order valence-electron chi connectivity index (χ3n) is 2.57. The highest BCUT2D eigenvalue weighted by atomic mass is 79.9. The summed E-state index contributed by atoms with van der Waals surface area (Å²) in [5, 5.41) is 3.36. The van der Waals surface area contributed by atoms with Crippen LogP contribution in [0.1, 0.15) is 5.56 Å². The van der Waals surface area contributed by atoms with E-state index in [-0.39, 0.29) is 5.82 Å². The number of hydrogen-bond donors (Lipinski definition) is 1. The van der Waals surface area contributed by atoms with E-state index in [0.717, 1.165) is 11.3 Å². The molecule has 1 nitrogen and oxygen atoms in total. The predicted molar refractivity (Wildman–Crippen MR) is 79.6 cm³/mol. The Morgan fingerprint density at radius 2 is 2.00 bits per heavy atom. The molecular weight excluding hydrogens is 313 g/mol. The molecule has 2 aromatic carbocycles. The van der Waals surface area contributed by atoms with E-state index in [1.54, 1.807) is 23.9 Å². The number of anilines is 1. The molecule has 0 fully saturated rings. The van der Waals surface area contributed by atoms with Crippen molar-refractivity contribution in [1.29, 1.82) is 0 Å². The van der Waals surface area contributed by atoms with Gasteiger partial charge in [0.15, 0.2) is 0 Å². The van der Waals surface area contributed by atoms with Crippen molar-refractivity contribution in [1.82, 2.24) is 0 Å². The molecule has 0 heterocycles. The molecule has 0 aliphatic rings. The molecule has 0 aliphatic carbocycles. The van der Waals surface area contributed by atoms with Crippen LogP contribution in [0.2, 0.25) is 0 Å². The van der Waals surface area contributed by atoms with Gasteiger partial charge in [0.25, 0.3) is 0 Å². The van der Waals surface area contributed by atoms with Crippen molar-refractivity contribution in [2.24, 2.45) is 0 Å². The molecule has 0 aliphatic heterocycles. The summed E-state index contributed by atoms with van der Waals surface area (Å²) in [5.74, 6) is -0.233. The fourth-order valence-electron chi connectivity index (χ4n) is 1.64. The van der Waals surface area contributed by atoms with E-state index in [0.29, 0.717) is 11.0 Å². The minimum atomic E-state index is -0.233. The van der Waals surface area contributed by atoms with Crippen LogP contribution in [0, 0.1) is 5.82 Å². The lowest BCUT2D eigenvalue weighted by Crippen LogP contribution is -2.00. The Bertz CT molecular complexity index is 545. The molecule has 0 saturated heterocycles. The molecule has 0 saturated carbocycles. The van der Waals surface area contributed by atoms with Crippen molar-refractivity contribution in [3.05, 3.63) is 58.3 Å². The van der Waals surface area contributed by atoms with Crippen molar-refractivity contribution in [2.75, 3.05) is 11.6 Å². The van der Waals surface area contributed by atoms with Gasteiger partial charge in [0.05, 0.1) is 4.47 Å². The van der Waals surface area contributed by atoms with Gasteiger partial charge in [-0.05, 0) is 52.0 Å². The third kappa shape index (κ3) is 3.27. The number of thioether (sulfide) groups is 1. The summed E-state index contributed by atoms with van der Waals surface area (Å²) in [5.41, 5.74) is 2.14. The van der Waals surface area contributed by atoms with Gasteiger partial charge in [0, 0.05) is 17.1 Å². The standard InChI is InChI=1S/C14H13BrFNS/c1-18-14-5-3-2-4-13(14)17-9-10-6-7-12(16)11(15)8-10/h2-8,17H,9H2,1H3. The van der Waals surface area contributed by atoms with Crippen molar-refractivity contribution in [3.8, 4) is 0 Å². The number of para-hydroxylation sites is 1. The fraction of sp³-hybridized carbons (Fsp3) is 0.143. The Labute approximate surface area is 119 Å². The maximum Gasteiger partial charge on any atom is 0.137 e. The van der Waals surface area contributed by atoms with E-state index in [2.05, 4.69) is 33.6 Å². The van der Waals surface area contributed by atoms with Gasteiger partial charge in [-0.2, -0.15) is 0 Å². The third-order valence-corrected chi connectivity index (χ3v) is 3.98. The normalized spacial score (nSPS) is 10.4. The van der Waals surface area contributed by atoms with Crippen molar-refractivity contribution in [3.63, 3.8) is 0 Å². The number of hydrogen-bond acceptors (Lipinski definition) is 2. The topological polar surface area (TPSA) is 12.0 Å². The zero-order chi connectivity index (χ0) is 13.0. The number of halogens is 2. The minimum Gasteiger partial charge on any atom is -0.380 e. The molecular formula is C14H13BrFNS. The predicted octanol–water partition coefficient (Wildman–Crippen LogP) is 4.92. The average Bonchev–Trinajstić information content (AvgIpc) is 2.40. The molecule has 18 heavy (non-hydrogen) atoms. The van der Waals surface area contributed by atoms with Crippen LogP contribution in [0.15, 0.2) is 51.8 Å². The van der Waals surface area contributed by atoms with Crippen LogP contribution < -0.4 is 5.32 Å². The summed E-state index contributed by atoms with van der Waals surface area (Å²) in [4.78, 5) is 1.21. The van der Waals surface area contributed by atoms with Gasteiger partial charge >= 0.3 is 0 Å². The van der Waals surface area contributed by atoms with Crippen LogP contribution in [0.5, 0.6) is 0 Å². The first-order valence-electron chi connectivity index (χ1n) is 5.51. The molecule has 0 bridgehead atoms. The average molecular weight is 326 g/mol. The lowest BCUT2D eigenvalue weighted by Gasteiger charge is -2.10. The van der Waals surface area contributed by atoms with E-state index in [1.165, 1.54) is 11.0 Å². The summed E-state index contributed by atoms with van der Waals surface area (Å²) < 4.78 is 13.6. The van der Waals surface area contributed by atoms with E-state index in [9.17, 15) is 4.39 Å². The van der Waals surface area contributed by atoms with Crippen LogP contribution in [-0.4, -0.2) is 6.26 Å². The van der Waals surface area contributed by atoms with Crippen LogP contribution in [0.4, 0.5) is 10.1 Å². The van der Waals surface area contributed by atoms with E-state index in [1.807, 2.05) is 18.2 Å². The van der Waals surface area contributed by atoms with Gasteiger partial charge in [-0.25, -0.2) is 4.39 Å². The zero-order valence-corrected chi connectivity index (χ0v) is 12.3. The van der Waals surface area contributed by atoms with Crippen LogP contribution in [0.3, 0.4) is 0 Å². The summed E-state index contributed by atoms with van der Waals surface area (Å²) in [6.07, 6.45) is 2.05. The van der Waals surface area contributed by atoms with Crippen LogP contribution in [0.25, 0.3) is 0 Å². The quantitative estimate of drug-likeness (QED) is 0.800. The summed E-state index contributed by atoms with van der Waals surface area (Å²) in [7, 11) is 0. The molecule has 2 rings (SSSR count). The summed E-state index contributed by atoms with van der Waals surface area (Å²) in [6.45, 7) is 0.677. The maximum absolute atomic E-state index is 13.1. The second kappa shape index (κ2) is 6.25. The summed E-state index contributed by atoms with van der Waals surface area (Å²) in [6, 6.07) is 13.2. The summed E-state index contributed by atoms with van der Waals surface area (Å²) >= 11 is 4.90. The highest BCUT2D eigenvalue weighted by Gasteiger charge is 2.02. The van der Waals surface area contributed by atoms with Gasteiger partial charge < -0.3 is 5.32 Å². The molecule has 0 radical (unpaired) electrons. The lowest BCUT2D eigenvalue weighted by atomic mass is 10.2. The van der Waals surface area contributed by atoms with E-state index >= 15 is 0 Å². The highest BCUT2D eigenvalue weighted by molar-refractivity contribution is 9.10. The van der Waals surface area contributed by atoms with Crippen molar-refractivity contribution < 1.29 is 4.39 Å². The molecule has 94 valence electrons. The molecule has 2 aromatic rings. The molecule has 0 amide bonds. The van der Waals surface area contributed by atoms with E-state index < -0.39 is 0 Å². The second-order valence-electron chi connectivity index (χ2n) is 3.80. The smallest absolute Gasteiger partial charge is 0.137 e. The van der Waals surface area contributed by atoms with E-state index in [4.69, 9.17) is 0 Å². The highest BCUT2D eigenvalue weighted by Crippen LogP contribution is 2.25.